The molecule has 1 amide bonds. The van der Waals surface area contributed by atoms with E-state index < -0.39 is 11.9 Å². The number of fused-ring (bicyclic) bond motifs is 5. The largest absolute Gasteiger partial charge is 0.508 e. The average molecular weight is 559 g/mol. The van der Waals surface area contributed by atoms with Crippen LogP contribution in [-0.4, -0.2) is 92.5 Å². The number of benzene rings is 2. The fourth-order valence-electron chi connectivity index (χ4n) is 6.67. The van der Waals surface area contributed by atoms with Gasteiger partial charge in [0.15, 0.2) is 5.82 Å². The summed E-state index contributed by atoms with van der Waals surface area (Å²) >= 11 is 0. The number of likely N-dealkylation sites (N-methyl/N-ethyl adjacent to an activating group) is 1. The van der Waals surface area contributed by atoms with Crippen LogP contribution in [0.25, 0.3) is 32.9 Å². The Bertz CT molecular complexity index is 1670. The molecule has 4 fully saturated rings. The van der Waals surface area contributed by atoms with Gasteiger partial charge in [0.05, 0.1) is 11.4 Å². The molecule has 0 aliphatic carbocycles. The Morgan fingerprint density at radius 1 is 1.10 bits per heavy atom. The molecule has 4 aromatic rings. The number of amides is 1. The third-order valence-electron chi connectivity index (χ3n) is 8.87. The highest BCUT2D eigenvalue weighted by Gasteiger charge is 2.42. The third-order valence-corrected chi connectivity index (χ3v) is 8.87. The first-order chi connectivity index (χ1) is 19.9. The molecule has 0 saturated carbocycles. The summed E-state index contributed by atoms with van der Waals surface area (Å²) in [6.07, 6.45) is 4.33. The molecule has 4 aliphatic rings. The SMILES string of the molecule is CN1CCCC1COc1nc(N2C[C@H]3CC[C@@H]2CN3C(=O)O)c2cnc(-c3cc(O)cc4ccccc34)c(F)c2n1. The van der Waals surface area contributed by atoms with Gasteiger partial charge in [-0.3, -0.25) is 4.98 Å². The Hall–Kier alpha value is -4.25. The highest BCUT2D eigenvalue weighted by Crippen LogP contribution is 2.39. The number of carboxylic acid groups (broad SMARTS) is 1. The highest BCUT2D eigenvalue weighted by atomic mass is 19.1. The maximum Gasteiger partial charge on any atom is 0.407 e. The number of aromatic hydroxyl groups is 1. The Kier molecular flexibility index (Phi) is 6.26. The van der Waals surface area contributed by atoms with Gasteiger partial charge in [-0.1, -0.05) is 24.3 Å². The second-order valence-electron chi connectivity index (χ2n) is 11.3. The number of anilines is 1. The number of piperidine rings is 2. The number of pyridine rings is 1. The number of likely N-dealkylation sites (tertiary alicyclic amines) is 1. The van der Waals surface area contributed by atoms with Crippen molar-refractivity contribution >= 4 is 33.6 Å². The van der Waals surface area contributed by atoms with Crippen molar-refractivity contribution in [2.24, 2.45) is 0 Å². The normalized spacial score (nSPS) is 22.6. The molecule has 10 nitrogen and oxygen atoms in total. The van der Waals surface area contributed by atoms with E-state index in [4.69, 9.17) is 9.72 Å². The van der Waals surface area contributed by atoms with Gasteiger partial charge < -0.3 is 29.6 Å². The summed E-state index contributed by atoms with van der Waals surface area (Å²) in [5.41, 5.74) is 0.621. The van der Waals surface area contributed by atoms with Gasteiger partial charge in [-0.15, -0.1) is 0 Å². The first-order valence-corrected chi connectivity index (χ1v) is 14.0. The molecule has 3 atom stereocenters. The molecule has 6 heterocycles. The second kappa shape index (κ2) is 9.99. The smallest absolute Gasteiger partial charge is 0.407 e. The molecule has 212 valence electrons. The molecule has 8 rings (SSSR count). The number of aromatic nitrogens is 3. The molecule has 0 spiro atoms. The van der Waals surface area contributed by atoms with Crippen LogP contribution >= 0.6 is 0 Å². The number of rotatable bonds is 5. The number of piperazine rings is 1. The lowest BCUT2D eigenvalue weighted by atomic mass is 9.91. The molecule has 0 radical (unpaired) electrons. The van der Waals surface area contributed by atoms with Gasteiger partial charge in [-0.2, -0.15) is 9.97 Å². The summed E-state index contributed by atoms with van der Waals surface area (Å²) in [5.74, 6) is -0.109. The van der Waals surface area contributed by atoms with Crippen molar-refractivity contribution in [3.63, 3.8) is 0 Å². The van der Waals surface area contributed by atoms with Crippen molar-refractivity contribution in [2.45, 2.75) is 43.8 Å². The highest BCUT2D eigenvalue weighted by molar-refractivity contribution is 6.00. The van der Waals surface area contributed by atoms with E-state index in [0.717, 1.165) is 43.0 Å². The number of carbonyl (C=O) groups is 1. The van der Waals surface area contributed by atoms with Gasteiger partial charge in [-0.05, 0) is 62.2 Å². The third kappa shape index (κ3) is 4.44. The van der Waals surface area contributed by atoms with Crippen LogP contribution < -0.4 is 9.64 Å². The quantitative estimate of drug-likeness (QED) is 0.366. The maximum absolute atomic E-state index is 16.5. The van der Waals surface area contributed by atoms with Crippen LogP contribution in [0.2, 0.25) is 0 Å². The molecule has 2 aromatic carbocycles. The number of phenols is 1. The lowest BCUT2D eigenvalue weighted by molar-refractivity contribution is 0.0803. The minimum Gasteiger partial charge on any atom is -0.508 e. The van der Waals surface area contributed by atoms with E-state index in [2.05, 4.69) is 26.8 Å². The van der Waals surface area contributed by atoms with Crippen LogP contribution in [0.4, 0.5) is 15.0 Å². The van der Waals surface area contributed by atoms with Gasteiger partial charge in [0.1, 0.15) is 29.4 Å². The Morgan fingerprint density at radius 2 is 1.93 bits per heavy atom. The number of nitrogens with zero attached hydrogens (tertiary/aromatic N) is 6. The van der Waals surface area contributed by atoms with E-state index in [0.29, 0.717) is 36.5 Å². The van der Waals surface area contributed by atoms with E-state index in [-0.39, 0.29) is 41.1 Å². The molecule has 11 heteroatoms. The van der Waals surface area contributed by atoms with E-state index in [1.54, 1.807) is 12.3 Å². The van der Waals surface area contributed by atoms with Crippen molar-refractivity contribution in [2.75, 3.05) is 38.2 Å². The molecule has 2 aromatic heterocycles. The van der Waals surface area contributed by atoms with E-state index in [9.17, 15) is 15.0 Å². The summed E-state index contributed by atoms with van der Waals surface area (Å²) in [7, 11) is 2.06. The zero-order valence-electron chi connectivity index (χ0n) is 22.7. The summed E-state index contributed by atoms with van der Waals surface area (Å²) in [6, 6.07) is 10.6. The Labute approximate surface area is 236 Å². The van der Waals surface area contributed by atoms with Gasteiger partial charge in [-0.25, -0.2) is 9.18 Å². The lowest BCUT2D eigenvalue weighted by Gasteiger charge is -2.51. The predicted molar refractivity (Wildman–Crippen MR) is 152 cm³/mol. The van der Waals surface area contributed by atoms with Crippen LogP contribution in [0.15, 0.2) is 42.6 Å². The van der Waals surface area contributed by atoms with Crippen molar-refractivity contribution in [1.82, 2.24) is 24.8 Å². The summed E-state index contributed by atoms with van der Waals surface area (Å²) in [4.78, 5) is 31.5. The van der Waals surface area contributed by atoms with E-state index in [1.165, 1.54) is 11.0 Å². The summed E-state index contributed by atoms with van der Waals surface area (Å²) in [5, 5.41) is 22.0. The first-order valence-electron chi connectivity index (χ1n) is 14.0. The van der Waals surface area contributed by atoms with Crippen LogP contribution in [0.5, 0.6) is 11.8 Å². The Morgan fingerprint density at radius 3 is 2.68 bits per heavy atom. The van der Waals surface area contributed by atoms with Gasteiger partial charge in [0.25, 0.3) is 0 Å². The molecule has 2 N–H and O–H groups in total. The fraction of sp³-hybridized carbons (Fsp3) is 0.400. The molecule has 4 saturated heterocycles. The number of phenolic OH excluding ortho intramolecular Hbond substituents is 1. The number of hydrogen-bond acceptors (Lipinski definition) is 8. The van der Waals surface area contributed by atoms with Crippen molar-refractivity contribution in [3.05, 3.63) is 48.4 Å². The topological polar surface area (TPSA) is 115 Å². The summed E-state index contributed by atoms with van der Waals surface area (Å²) in [6.45, 7) is 2.19. The van der Waals surface area contributed by atoms with Crippen molar-refractivity contribution in [1.29, 1.82) is 0 Å². The maximum atomic E-state index is 16.5. The minimum atomic E-state index is -0.924. The molecular formula is C30H31FN6O4. The zero-order chi connectivity index (χ0) is 28.2. The summed E-state index contributed by atoms with van der Waals surface area (Å²) < 4.78 is 22.6. The number of halogens is 1. The average Bonchev–Trinajstić information content (AvgIpc) is 3.40. The van der Waals surface area contributed by atoms with Crippen LogP contribution in [0.1, 0.15) is 25.7 Å². The minimum absolute atomic E-state index is 0.0143. The van der Waals surface area contributed by atoms with Crippen LogP contribution in [0, 0.1) is 5.82 Å². The van der Waals surface area contributed by atoms with Crippen molar-refractivity contribution < 1.29 is 24.1 Å². The first kappa shape index (κ1) is 25.7. The standard InChI is InChI=1S/C30H31FN6O4/c1-35-10-4-6-20(35)16-41-29-33-27-24(28(34-29)36-14-19-9-8-18(36)15-37(19)30(39)40)13-32-26(25(27)31)23-12-21(38)11-17-5-2-3-7-22(17)23/h2-3,5,7,11-13,18-20,38H,4,6,8-10,14-16H2,1H3,(H,39,40)/t18-,19-,20?/m1/s1. The van der Waals surface area contributed by atoms with E-state index >= 15 is 4.39 Å². The van der Waals surface area contributed by atoms with Gasteiger partial charge >= 0.3 is 12.1 Å². The molecule has 2 bridgehead atoms. The second-order valence-corrected chi connectivity index (χ2v) is 11.3. The lowest BCUT2D eigenvalue weighted by Crippen LogP contribution is -2.64. The zero-order valence-corrected chi connectivity index (χ0v) is 22.7. The van der Waals surface area contributed by atoms with Crippen LogP contribution in [0.3, 0.4) is 0 Å². The molecule has 41 heavy (non-hydrogen) atoms. The monoisotopic (exact) mass is 558 g/mol. The Balaban J connectivity index is 1.35. The molecular weight excluding hydrogens is 527 g/mol. The fourth-order valence-corrected chi connectivity index (χ4v) is 6.67. The van der Waals surface area contributed by atoms with E-state index in [1.807, 2.05) is 24.3 Å². The molecule has 4 aliphatic heterocycles. The number of ether oxygens (including phenoxy) is 1. The van der Waals surface area contributed by atoms with Crippen molar-refractivity contribution in [3.8, 4) is 23.0 Å². The van der Waals surface area contributed by atoms with Gasteiger partial charge in [0, 0.05) is 36.9 Å². The van der Waals surface area contributed by atoms with Gasteiger partial charge in [0.2, 0.25) is 0 Å². The molecule has 1 unspecified atom stereocenters. The van der Waals surface area contributed by atoms with Crippen LogP contribution in [-0.2, 0) is 0 Å². The number of hydrogen-bond donors (Lipinski definition) is 2. The predicted octanol–water partition coefficient (Wildman–Crippen LogP) is 4.49.